The Bertz CT molecular complexity index is 729. The molecule has 1 aliphatic heterocycles. The highest BCUT2D eigenvalue weighted by atomic mass is 35.5. The Balaban J connectivity index is 1.75. The van der Waals surface area contributed by atoms with Crippen molar-refractivity contribution in [2.24, 2.45) is 0 Å². The molecule has 0 aromatic heterocycles. The summed E-state index contributed by atoms with van der Waals surface area (Å²) >= 11 is 6.09. The molecule has 2 aromatic rings. The molecule has 3 rings (SSSR count). The lowest BCUT2D eigenvalue weighted by atomic mass is 10.1. The molecule has 5 nitrogen and oxygen atoms in total. The van der Waals surface area contributed by atoms with Crippen LogP contribution >= 0.6 is 11.6 Å². The fourth-order valence-electron chi connectivity index (χ4n) is 2.34. The second-order valence-corrected chi connectivity index (χ2v) is 5.41. The van der Waals surface area contributed by atoms with Crippen LogP contribution in [-0.2, 0) is 22.7 Å². The Morgan fingerprint density at radius 2 is 2.17 bits per heavy atom. The largest absolute Gasteiger partial charge is 0.497 e. The summed E-state index contributed by atoms with van der Waals surface area (Å²) in [4.78, 5) is 12.2. The number of carbonyl (C=O) groups excluding carboxylic acids is 1. The van der Waals surface area contributed by atoms with Crippen LogP contribution in [0.2, 0.25) is 5.02 Å². The van der Waals surface area contributed by atoms with Gasteiger partial charge in [0, 0.05) is 16.1 Å². The molecule has 1 aliphatic rings. The third kappa shape index (κ3) is 3.57. The Labute approximate surface area is 138 Å². The van der Waals surface area contributed by atoms with Gasteiger partial charge < -0.3 is 18.9 Å². The van der Waals surface area contributed by atoms with Gasteiger partial charge in [-0.25, -0.2) is 4.79 Å². The second-order valence-electron chi connectivity index (χ2n) is 4.97. The maximum atomic E-state index is 12.2. The molecule has 0 unspecified atom stereocenters. The maximum Gasteiger partial charge on any atom is 0.338 e. The number of carbonyl (C=O) groups is 1. The van der Waals surface area contributed by atoms with Gasteiger partial charge in [0.25, 0.3) is 0 Å². The zero-order chi connectivity index (χ0) is 16.2. The zero-order valence-corrected chi connectivity index (χ0v) is 13.3. The van der Waals surface area contributed by atoms with Gasteiger partial charge >= 0.3 is 5.97 Å². The molecule has 2 aromatic carbocycles. The third-order valence-electron chi connectivity index (χ3n) is 3.42. The molecule has 0 bridgehead atoms. The Kier molecular flexibility index (Phi) is 4.69. The Morgan fingerprint density at radius 1 is 1.30 bits per heavy atom. The van der Waals surface area contributed by atoms with E-state index in [-0.39, 0.29) is 13.4 Å². The van der Waals surface area contributed by atoms with Gasteiger partial charge in [0.1, 0.15) is 18.1 Å². The molecule has 0 atom stereocenters. The highest BCUT2D eigenvalue weighted by Gasteiger charge is 2.18. The number of halogens is 1. The number of ether oxygens (including phenoxy) is 4. The lowest BCUT2D eigenvalue weighted by Crippen LogP contribution is -2.14. The van der Waals surface area contributed by atoms with Crippen LogP contribution in [0.3, 0.4) is 0 Å². The molecule has 0 saturated heterocycles. The van der Waals surface area contributed by atoms with E-state index in [0.29, 0.717) is 34.3 Å². The molecule has 120 valence electrons. The highest BCUT2D eigenvalue weighted by Crippen LogP contribution is 2.32. The molecule has 6 heteroatoms. The first-order chi connectivity index (χ1) is 11.2. The van der Waals surface area contributed by atoms with Gasteiger partial charge in [0.15, 0.2) is 6.79 Å². The lowest BCUT2D eigenvalue weighted by Gasteiger charge is -2.21. The van der Waals surface area contributed by atoms with Crippen molar-refractivity contribution < 1.29 is 23.7 Å². The third-order valence-corrected chi connectivity index (χ3v) is 3.63. The van der Waals surface area contributed by atoms with Crippen molar-refractivity contribution in [3.63, 3.8) is 0 Å². The van der Waals surface area contributed by atoms with E-state index in [0.717, 1.165) is 5.56 Å². The number of fused-ring (bicyclic) bond motifs is 1. The molecule has 0 aliphatic carbocycles. The van der Waals surface area contributed by atoms with E-state index in [4.69, 9.17) is 30.5 Å². The molecule has 0 radical (unpaired) electrons. The summed E-state index contributed by atoms with van der Waals surface area (Å²) in [5, 5.41) is 0.547. The van der Waals surface area contributed by atoms with E-state index in [1.54, 1.807) is 43.5 Å². The minimum atomic E-state index is -0.440. The zero-order valence-electron chi connectivity index (χ0n) is 12.5. The predicted molar refractivity (Wildman–Crippen MR) is 83.8 cm³/mol. The van der Waals surface area contributed by atoms with Crippen LogP contribution in [0, 0.1) is 0 Å². The van der Waals surface area contributed by atoms with Crippen LogP contribution in [0.15, 0.2) is 36.4 Å². The van der Waals surface area contributed by atoms with Crippen LogP contribution in [-0.4, -0.2) is 19.9 Å². The van der Waals surface area contributed by atoms with Crippen molar-refractivity contribution in [1.82, 2.24) is 0 Å². The fourth-order valence-corrected chi connectivity index (χ4v) is 2.60. The topological polar surface area (TPSA) is 54.0 Å². The second kappa shape index (κ2) is 6.89. The van der Waals surface area contributed by atoms with Gasteiger partial charge in [-0.3, -0.25) is 0 Å². The van der Waals surface area contributed by atoms with Crippen molar-refractivity contribution in [1.29, 1.82) is 0 Å². The first kappa shape index (κ1) is 15.6. The van der Waals surface area contributed by atoms with Crippen molar-refractivity contribution in [3.8, 4) is 11.5 Å². The molecule has 0 saturated carbocycles. The molecule has 0 N–H and O–H groups in total. The number of methoxy groups -OCH3 is 1. The molecule has 0 fully saturated rings. The van der Waals surface area contributed by atoms with Crippen molar-refractivity contribution >= 4 is 17.6 Å². The van der Waals surface area contributed by atoms with Gasteiger partial charge in [-0.15, -0.1) is 0 Å². The summed E-state index contributed by atoms with van der Waals surface area (Å²) in [6.07, 6.45) is 0. The Morgan fingerprint density at radius 3 is 3.00 bits per heavy atom. The molecule has 1 heterocycles. The van der Waals surface area contributed by atoms with E-state index in [2.05, 4.69) is 0 Å². The Hall–Kier alpha value is -2.24. The van der Waals surface area contributed by atoms with E-state index >= 15 is 0 Å². The van der Waals surface area contributed by atoms with Crippen LogP contribution in [0.25, 0.3) is 0 Å². The smallest absolute Gasteiger partial charge is 0.338 e. The van der Waals surface area contributed by atoms with Crippen LogP contribution in [0.5, 0.6) is 11.5 Å². The average molecular weight is 335 g/mol. The van der Waals surface area contributed by atoms with Gasteiger partial charge in [0.05, 0.1) is 19.3 Å². The lowest BCUT2D eigenvalue weighted by molar-refractivity contribution is -0.0180. The molecular weight excluding hydrogens is 320 g/mol. The molecule has 0 amide bonds. The first-order valence-corrected chi connectivity index (χ1v) is 7.38. The van der Waals surface area contributed by atoms with Crippen molar-refractivity contribution in [2.75, 3.05) is 13.9 Å². The van der Waals surface area contributed by atoms with Crippen LogP contribution in [0.4, 0.5) is 0 Å². The summed E-state index contributed by atoms with van der Waals surface area (Å²) in [5.41, 5.74) is 1.98. The van der Waals surface area contributed by atoms with E-state index in [9.17, 15) is 4.79 Å². The standard InChI is InChI=1S/C17H15ClO5/c1-20-15-4-2-3-11(7-15)17(19)22-9-13-6-14(18)5-12-8-21-10-23-16(12)13/h2-7H,8-10H2,1H3. The number of hydrogen-bond acceptors (Lipinski definition) is 5. The minimum Gasteiger partial charge on any atom is -0.497 e. The summed E-state index contributed by atoms with van der Waals surface area (Å²) in [6.45, 7) is 0.664. The minimum absolute atomic E-state index is 0.0684. The number of benzene rings is 2. The fraction of sp³-hybridized carbons (Fsp3) is 0.235. The average Bonchev–Trinajstić information content (AvgIpc) is 2.59. The predicted octanol–water partition coefficient (Wildman–Crippen LogP) is 3.57. The SMILES string of the molecule is COc1cccc(C(=O)OCc2cc(Cl)cc3c2OCOC3)c1. The number of hydrogen-bond donors (Lipinski definition) is 0. The normalized spacial score (nSPS) is 13.0. The van der Waals surface area contributed by atoms with Crippen LogP contribution in [0.1, 0.15) is 21.5 Å². The highest BCUT2D eigenvalue weighted by molar-refractivity contribution is 6.30. The summed E-state index contributed by atoms with van der Waals surface area (Å²) in [7, 11) is 1.54. The van der Waals surface area contributed by atoms with Gasteiger partial charge in [-0.1, -0.05) is 17.7 Å². The first-order valence-electron chi connectivity index (χ1n) is 7.00. The van der Waals surface area contributed by atoms with E-state index in [1.807, 2.05) is 0 Å². The van der Waals surface area contributed by atoms with Crippen LogP contribution < -0.4 is 9.47 Å². The monoisotopic (exact) mass is 334 g/mol. The van der Waals surface area contributed by atoms with Crippen molar-refractivity contribution in [2.45, 2.75) is 13.2 Å². The summed E-state index contributed by atoms with van der Waals surface area (Å²) < 4.78 is 21.2. The quantitative estimate of drug-likeness (QED) is 0.800. The molecule has 23 heavy (non-hydrogen) atoms. The van der Waals surface area contributed by atoms with E-state index in [1.165, 1.54) is 0 Å². The van der Waals surface area contributed by atoms with Gasteiger partial charge in [-0.2, -0.15) is 0 Å². The number of rotatable bonds is 4. The number of esters is 1. The van der Waals surface area contributed by atoms with Gasteiger partial charge in [-0.05, 0) is 30.3 Å². The van der Waals surface area contributed by atoms with Gasteiger partial charge in [0.2, 0.25) is 0 Å². The van der Waals surface area contributed by atoms with Crippen molar-refractivity contribution in [3.05, 3.63) is 58.1 Å². The summed E-state index contributed by atoms with van der Waals surface area (Å²) in [6, 6.07) is 10.3. The maximum absolute atomic E-state index is 12.2. The molecular formula is C17H15ClO5. The molecule has 0 spiro atoms. The summed E-state index contributed by atoms with van der Waals surface area (Å²) in [5.74, 6) is 0.823. The van der Waals surface area contributed by atoms with E-state index < -0.39 is 5.97 Å².